The molecule has 0 aliphatic carbocycles. The van der Waals surface area contributed by atoms with Crippen LogP contribution in [0.5, 0.6) is 0 Å². The van der Waals surface area contributed by atoms with Gasteiger partial charge >= 0.3 is 0 Å². The van der Waals surface area contributed by atoms with Gasteiger partial charge in [0.05, 0.1) is 18.1 Å². The highest BCUT2D eigenvalue weighted by atomic mass is 16.5. The van der Waals surface area contributed by atoms with E-state index in [9.17, 15) is 4.79 Å². The number of hydrogen-bond donors (Lipinski definition) is 3. The zero-order valence-electron chi connectivity index (χ0n) is 18.2. The number of hydroxylamine groups is 1. The summed E-state index contributed by atoms with van der Waals surface area (Å²) in [6.07, 6.45) is 7.83. The Balaban J connectivity index is 1.64. The summed E-state index contributed by atoms with van der Waals surface area (Å²) in [6, 6.07) is 21.1. The zero-order valence-corrected chi connectivity index (χ0v) is 18.2. The molecular formula is C25H29N5O2. The van der Waals surface area contributed by atoms with Crippen molar-refractivity contribution in [1.82, 2.24) is 20.3 Å². The number of carbonyl (C=O) groups is 1. The Morgan fingerprint density at radius 1 is 1.03 bits per heavy atom. The fourth-order valence-corrected chi connectivity index (χ4v) is 3.44. The molecule has 0 aliphatic heterocycles. The second kappa shape index (κ2) is 12.3. The minimum absolute atomic E-state index is 0.180. The van der Waals surface area contributed by atoms with Crippen LogP contribution in [-0.2, 0) is 17.8 Å². The van der Waals surface area contributed by atoms with Crippen molar-refractivity contribution >= 4 is 17.8 Å². The van der Waals surface area contributed by atoms with E-state index in [0.717, 1.165) is 25.9 Å². The minimum atomic E-state index is -0.614. The number of aryl methyl sites for hydroxylation is 1. The minimum Gasteiger partial charge on any atom is -0.365 e. The standard InChI is InChI=1S/C25H29N5O2/c1-30(18-21-10-6-3-7-11-21)19-23(13-12-20-8-4-2-5-9-20)28-24-17-26-22(16-27-24)14-15-25(31)29-32/h2-11,14-17,23,32H,12-13,18-19H2,1H3,(H,27,28)(H,29,31)/b15-14+/t23-/m1/s1. The Morgan fingerprint density at radius 2 is 1.72 bits per heavy atom. The summed E-state index contributed by atoms with van der Waals surface area (Å²) in [5, 5.41) is 12.1. The maximum atomic E-state index is 11.1. The van der Waals surface area contributed by atoms with Gasteiger partial charge in [0.1, 0.15) is 5.82 Å². The van der Waals surface area contributed by atoms with Gasteiger partial charge in [-0.3, -0.25) is 15.0 Å². The predicted octanol–water partition coefficient (Wildman–Crippen LogP) is 3.54. The average Bonchev–Trinajstić information content (AvgIpc) is 2.83. The van der Waals surface area contributed by atoms with Crippen molar-refractivity contribution in [3.63, 3.8) is 0 Å². The van der Waals surface area contributed by atoms with Gasteiger partial charge in [0, 0.05) is 25.2 Å². The number of nitrogens with zero attached hydrogens (tertiary/aromatic N) is 3. The van der Waals surface area contributed by atoms with Crippen molar-refractivity contribution in [3.05, 3.63) is 96.0 Å². The van der Waals surface area contributed by atoms with Crippen LogP contribution in [0.2, 0.25) is 0 Å². The van der Waals surface area contributed by atoms with Crippen LogP contribution in [0.4, 0.5) is 5.82 Å². The molecule has 1 heterocycles. The smallest absolute Gasteiger partial charge is 0.267 e. The van der Waals surface area contributed by atoms with Crippen LogP contribution < -0.4 is 10.8 Å². The van der Waals surface area contributed by atoms with Crippen LogP contribution in [0, 0.1) is 0 Å². The van der Waals surface area contributed by atoms with Crippen LogP contribution in [0.15, 0.2) is 79.1 Å². The number of nitrogens with one attached hydrogen (secondary N) is 2. The van der Waals surface area contributed by atoms with Crippen LogP contribution >= 0.6 is 0 Å². The topological polar surface area (TPSA) is 90.4 Å². The largest absolute Gasteiger partial charge is 0.365 e. The molecule has 3 aromatic rings. The summed E-state index contributed by atoms with van der Waals surface area (Å²) >= 11 is 0. The van der Waals surface area contributed by atoms with Gasteiger partial charge in [-0.2, -0.15) is 0 Å². The van der Waals surface area contributed by atoms with Gasteiger partial charge in [-0.25, -0.2) is 10.5 Å². The predicted molar refractivity (Wildman–Crippen MR) is 126 cm³/mol. The van der Waals surface area contributed by atoms with E-state index in [1.54, 1.807) is 17.9 Å². The van der Waals surface area contributed by atoms with Crippen molar-refractivity contribution in [2.24, 2.45) is 0 Å². The second-order valence-corrected chi connectivity index (χ2v) is 7.68. The van der Waals surface area contributed by atoms with Gasteiger partial charge in [-0.15, -0.1) is 0 Å². The number of rotatable bonds is 11. The van der Waals surface area contributed by atoms with Crippen molar-refractivity contribution in [1.29, 1.82) is 0 Å². The maximum absolute atomic E-state index is 11.1. The summed E-state index contributed by atoms with van der Waals surface area (Å²) in [6.45, 7) is 1.72. The van der Waals surface area contributed by atoms with E-state index < -0.39 is 5.91 Å². The molecule has 0 saturated carbocycles. The Bertz CT molecular complexity index is 978. The molecule has 3 rings (SSSR count). The van der Waals surface area contributed by atoms with Gasteiger partial charge in [0.15, 0.2) is 0 Å². The number of amides is 1. The SMILES string of the molecule is CN(Cc1ccccc1)C[C@@H](CCc1ccccc1)Nc1cnc(/C=C/C(=O)NO)cn1. The molecule has 2 aromatic carbocycles. The van der Waals surface area contributed by atoms with E-state index in [4.69, 9.17) is 5.21 Å². The number of likely N-dealkylation sites (N-methyl/N-ethyl adjacent to an activating group) is 1. The Morgan fingerprint density at radius 3 is 2.34 bits per heavy atom. The van der Waals surface area contributed by atoms with Crippen LogP contribution in [-0.4, -0.2) is 45.6 Å². The Hall–Kier alpha value is -3.55. The molecule has 3 N–H and O–H groups in total. The van der Waals surface area contributed by atoms with Gasteiger partial charge in [-0.05, 0) is 37.1 Å². The first kappa shape index (κ1) is 23.1. The third-order valence-corrected chi connectivity index (χ3v) is 4.99. The van der Waals surface area contributed by atoms with E-state index in [1.807, 2.05) is 12.1 Å². The number of carbonyl (C=O) groups excluding carboxylic acids is 1. The summed E-state index contributed by atoms with van der Waals surface area (Å²) < 4.78 is 0. The molecule has 1 aromatic heterocycles. The molecule has 7 heteroatoms. The highest BCUT2D eigenvalue weighted by Gasteiger charge is 2.13. The van der Waals surface area contributed by atoms with E-state index >= 15 is 0 Å². The molecule has 0 saturated heterocycles. The first-order valence-corrected chi connectivity index (χ1v) is 10.6. The van der Waals surface area contributed by atoms with E-state index in [2.05, 4.69) is 75.8 Å². The summed E-state index contributed by atoms with van der Waals surface area (Å²) in [4.78, 5) is 22.2. The fourth-order valence-electron chi connectivity index (χ4n) is 3.44. The molecular weight excluding hydrogens is 402 g/mol. The van der Waals surface area contributed by atoms with Gasteiger partial charge in [0.25, 0.3) is 5.91 Å². The van der Waals surface area contributed by atoms with Crippen LogP contribution in [0.3, 0.4) is 0 Å². The monoisotopic (exact) mass is 431 g/mol. The molecule has 0 radical (unpaired) electrons. The molecule has 0 aliphatic rings. The lowest BCUT2D eigenvalue weighted by Gasteiger charge is -2.25. The lowest BCUT2D eigenvalue weighted by atomic mass is 10.0. The third-order valence-electron chi connectivity index (χ3n) is 4.99. The Kier molecular flexibility index (Phi) is 8.92. The highest BCUT2D eigenvalue weighted by Crippen LogP contribution is 2.13. The molecule has 1 atom stereocenters. The van der Waals surface area contributed by atoms with Gasteiger partial charge < -0.3 is 10.2 Å². The van der Waals surface area contributed by atoms with Crippen molar-refractivity contribution in [2.45, 2.75) is 25.4 Å². The van der Waals surface area contributed by atoms with E-state index in [1.165, 1.54) is 23.3 Å². The molecule has 32 heavy (non-hydrogen) atoms. The van der Waals surface area contributed by atoms with E-state index in [0.29, 0.717) is 11.5 Å². The summed E-state index contributed by atoms with van der Waals surface area (Å²) in [7, 11) is 2.12. The molecule has 1 amide bonds. The third kappa shape index (κ3) is 7.94. The van der Waals surface area contributed by atoms with Crippen LogP contribution in [0.25, 0.3) is 6.08 Å². The zero-order chi connectivity index (χ0) is 22.6. The molecule has 0 fully saturated rings. The normalized spacial score (nSPS) is 12.1. The quantitative estimate of drug-likeness (QED) is 0.244. The molecule has 166 valence electrons. The van der Waals surface area contributed by atoms with Crippen molar-refractivity contribution in [2.75, 3.05) is 18.9 Å². The lowest BCUT2D eigenvalue weighted by Crippen LogP contribution is -2.35. The highest BCUT2D eigenvalue weighted by molar-refractivity contribution is 5.90. The van der Waals surface area contributed by atoms with Gasteiger partial charge in [0.2, 0.25) is 0 Å². The number of aromatic nitrogens is 2. The fraction of sp³-hybridized carbons (Fsp3) is 0.240. The average molecular weight is 432 g/mol. The lowest BCUT2D eigenvalue weighted by molar-refractivity contribution is -0.124. The van der Waals surface area contributed by atoms with E-state index in [-0.39, 0.29) is 6.04 Å². The number of benzene rings is 2. The molecule has 0 spiro atoms. The number of anilines is 1. The first-order chi connectivity index (χ1) is 15.6. The number of hydrogen-bond acceptors (Lipinski definition) is 6. The second-order valence-electron chi connectivity index (χ2n) is 7.68. The first-order valence-electron chi connectivity index (χ1n) is 10.6. The summed E-state index contributed by atoms with van der Waals surface area (Å²) in [5.74, 6) is 0.0661. The molecule has 0 unspecified atom stereocenters. The van der Waals surface area contributed by atoms with Crippen molar-refractivity contribution in [3.8, 4) is 0 Å². The molecule has 0 bridgehead atoms. The summed E-state index contributed by atoms with van der Waals surface area (Å²) in [5.41, 5.74) is 4.66. The van der Waals surface area contributed by atoms with Crippen molar-refractivity contribution < 1.29 is 10.0 Å². The molecule has 7 nitrogen and oxygen atoms in total. The Labute approximate surface area is 188 Å². The van der Waals surface area contributed by atoms with Crippen LogP contribution in [0.1, 0.15) is 23.2 Å². The maximum Gasteiger partial charge on any atom is 0.267 e. The van der Waals surface area contributed by atoms with Gasteiger partial charge in [-0.1, -0.05) is 60.7 Å².